The van der Waals surface area contributed by atoms with E-state index in [0.717, 1.165) is 5.56 Å². The number of nitrogens with two attached hydrogens (primary N) is 1. The van der Waals surface area contributed by atoms with E-state index in [2.05, 4.69) is 12.0 Å². The first-order valence-electron chi connectivity index (χ1n) is 11.0. The Hall–Kier alpha value is -4.00. The predicted molar refractivity (Wildman–Crippen MR) is 131 cm³/mol. The number of Topliss-reactive ketones (excluding diaryl/α,β-unsaturated/α-hetero) is 1. The van der Waals surface area contributed by atoms with Gasteiger partial charge in [-0.05, 0) is 43.5 Å². The van der Waals surface area contributed by atoms with E-state index in [1.165, 1.54) is 4.90 Å². The normalized spacial score (nSPS) is 21.5. The zero-order valence-corrected chi connectivity index (χ0v) is 19.3. The molecule has 0 fully saturated rings. The number of anilines is 2. The van der Waals surface area contributed by atoms with Gasteiger partial charge in [-0.15, -0.1) is 6.42 Å². The van der Waals surface area contributed by atoms with Gasteiger partial charge in [0.1, 0.15) is 17.3 Å². The number of allylic oxidation sites excluding steroid dienone is 1. The lowest BCUT2D eigenvalue weighted by Gasteiger charge is -2.44. The molecule has 34 heavy (non-hydrogen) atoms. The maximum Gasteiger partial charge on any atom is 0.248 e. The first kappa shape index (κ1) is 21.8. The molecule has 1 amide bonds. The van der Waals surface area contributed by atoms with Crippen molar-refractivity contribution in [2.75, 3.05) is 16.3 Å². The van der Waals surface area contributed by atoms with Crippen LogP contribution >= 0.6 is 11.6 Å². The molecule has 168 valence electrons. The van der Waals surface area contributed by atoms with Crippen LogP contribution in [0.15, 0.2) is 65.1 Å². The third-order valence-electron chi connectivity index (χ3n) is 6.84. The molecule has 1 aliphatic carbocycles. The minimum Gasteiger partial charge on any atom is -0.384 e. The van der Waals surface area contributed by atoms with Gasteiger partial charge in [-0.2, -0.15) is 5.26 Å². The topological polar surface area (TPSA) is 90.4 Å². The number of para-hydroxylation sites is 1. The highest BCUT2D eigenvalue weighted by Crippen LogP contribution is 2.56. The van der Waals surface area contributed by atoms with Gasteiger partial charge >= 0.3 is 0 Å². The van der Waals surface area contributed by atoms with Crippen LogP contribution in [0.1, 0.15) is 30.4 Å². The average molecular weight is 469 g/mol. The molecule has 1 atom stereocenters. The molecule has 3 aliphatic rings. The standard InChI is InChI=1S/C27H21ClN4O2/c1-3-13-31-20-8-5-4-7-18(20)27(26(31)34)19(15-29)25(30)32(21-9-6-10-23(33)24(21)27)22-14-17(28)12-11-16(22)2/h1,4-5,7-8,11-12,14H,6,9-10,13,30H2,2H3. The average Bonchev–Trinajstić information content (AvgIpc) is 3.05. The third-order valence-corrected chi connectivity index (χ3v) is 7.07. The number of carbonyl (C=O) groups excluding carboxylic acids is 2. The van der Waals surface area contributed by atoms with Crippen molar-refractivity contribution in [1.29, 1.82) is 5.26 Å². The highest BCUT2D eigenvalue weighted by atomic mass is 35.5. The van der Waals surface area contributed by atoms with E-state index in [4.69, 9.17) is 23.8 Å². The fourth-order valence-electron chi connectivity index (χ4n) is 5.48. The number of aryl methyl sites for hydroxylation is 1. The first-order valence-corrected chi connectivity index (χ1v) is 11.3. The van der Waals surface area contributed by atoms with Crippen molar-refractivity contribution < 1.29 is 9.59 Å². The molecule has 2 aromatic rings. The maximum absolute atomic E-state index is 14.2. The summed E-state index contributed by atoms with van der Waals surface area (Å²) in [5.41, 5.74) is 8.74. The van der Waals surface area contributed by atoms with Gasteiger partial charge in [-0.25, -0.2) is 0 Å². The van der Waals surface area contributed by atoms with Gasteiger partial charge in [0.25, 0.3) is 0 Å². The molecular formula is C27H21ClN4O2. The Morgan fingerprint density at radius 1 is 1.18 bits per heavy atom. The zero-order chi connectivity index (χ0) is 24.2. The SMILES string of the molecule is C#CCN1C(=O)C2(C(C#N)=C(N)N(c3cc(Cl)ccc3C)C3=C2C(=O)CCC3)c2ccccc21. The minimum absolute atomic E-state index is 0.0180. The summed E-state index contributed by atoms with van der Waals surface area (Å²) >= 11 is 6.31. The van der Waals surface area contributed by atoms with Crippen LogP contribution in [0.2, 0.25) is 5.02 Å². The number of amides is 1. The molecule has 0 saturated heterocycles. The van der Waals surface area contributed by atoms with Crippen molar-refractivity contribution in [3.8, 4) is 18.4 Å². The summed E-state index contributed by atoms with van der Waals surface area (Å²) < 4.78 is 0. The second-order valence-electron chi connectivity index (χ2n) is 8.60. The van der Waals surface area contributed by atoms with E-state index in [9.17, 15) is 14.9 Å². The molecule has 5 rings (SSSR count). The molecule has 2 aromatic carbocycles. The van der Waals surface area contributed by atoms with Crippen LogP contribution in [0.3, 0.4) is 0 Å². The van der Waals surface area contributed by atoms with Crippen LogP contribution in [0.5, 0.6) is 0 Å². The molecule has 2 aliphatic heterocycles. The lowest BCUT2D eigenvalue weighted by atomic mass is 9.63. The second kappa shape index (κ2) is 7.80. The van der Waals surface area contributed by atoms with Crippen LogP contribution in [0.4, 0.5) is 11.4 Å². The highest BCUT2D eigenvalue weighted by molar-refractivity contribution is 6.31. The van der Waals surface area contributed by atoms with E-state index in [0.29, 0.717) is 46.1 Å². The number of hydrogen-bond acceptors (Lipinski definition) is 5. The van der Waals surface area contributed by atoms with Crippen molar-refractivity contribution in [2.45, 2.75) is 31.6 Å². The van der Waals surface area contributed by atoms with E-state index < -0.39 is 11.3 Å². The van der Waals surface area contributed by atoms with Crippen LogP contribution in [-0.2, 0) is 15.0 Å². The Kier molecular flexibility index (Phi) is 5.01. The summed E-state index contributed by atoms with van der Waals surface area (Å²) in [5, 5.41) is 10.9. The maximum atomic E-state index is 14.2. The summed E-state index contributed by atoms with van der Waals surface area (Å²) in [6.45, 7) is 1.93. The van der Waals surface area contributed by atoms with Gasteiger partial charge < -0.3 is 5.73 Å². The number of hydrogen-bond donors (Lipinski definition) is 1. The van der Waals surface area contributed by atoms with Crippen LogP contribution in [-0.4, -0.2) is 18.2 Å². The van der Waals surface area contributed by atoms with Crippen molar-refractivity contribution >= 4 is 34.7 Å². The number of fused-ring (bicyclic) bond motifs is 3. The predicted octanol–water partition coefficient (Wildman–Crippen LogP) is 4.09. The van der Waals surface area contributed by atoms with Gasteiger partial charge in [0, 0.05) is 34.0 Å². The van der Waals surface area contributed by atoms with Crippen LogP contribution < -0.4 is 15.5 Å². The minimum atomic E-state index is -1.62. The van der Waals surface area contributed by atoms with Crippen LogP contribution in [0.25, 0.3) is 0 Å². The van der Waals surface area contributed by atoms with Crippen molar-refractivity contribution in [3.63, 3.8) is 0 Å². The number of rotatable bonds is 2. The zero-order valence-electron chi connectivity index (χ0n) is 18.6. The molecule has 6 nitrogen and oxygen atoms in total. The summed E-state index contributed by atoms with van der Waals surface area (Å²) in [5.74, 6) is 2.06. The smallest absolute Gasteiger partial charge is 0.248 e. The summed E-state index contributed by atoms with van der Waals surface area (Å²) in [6.07, 6.45) is 7.01. The summed E-state index contributed by atoms with van der Waals surface area (Å²) in [6, 6.07) is 14.7. The van der Waals surface area contributed by atoms with Gasteiger partial charge in [0.15, 0.2) is 5.78 Å². The largest absolute Gasteiger partial charge is 0.384 e. The van der Waals surface area contributed by atoms with Gasteiger partial charge in [0.05, 0.1) is 17.8 Å². The summed E-state index contributed by atoms with van der Waals surface area (Å²) in [7, 11) is 0. The number of benzene rings is 2. The van der Waals surface area contributed by atoms with Gasteiger partial charge in [-0.1, -0.05) is 41.8 Å². The molecule has 2 heterocycles. The number of carbonyl (C=O) groups is 2. The number of terminal acetylenes is 1. The fourth-order valence-corrected chi connectivity index (χ4v) is 5.64. The third kappa shape index (κ3) is 2.70. The van der Waals surface area contributed by atoms with Crippen molar-refractivity contribution in [2.24, 2.45) is 5.73 Å². The van der Waals surface area contributed by atoms with Crippen molar-refractivity contribution in [1.82, 2.24) is 0 Å². The van der Waals surface area contributed by atoms with E-state index >= 15 is 0 Å². The van der Waals surface area contributed by atoms with Gasteiger partial charge in [0.2, 0.25) is 5.91 Å². The lowest BCUT2D eigenvalue weighted by molar-refractivity contribution is -0.124. The number of nitriles is 1. The van der Waals surface area contributed by atoms with Crippen molar-refractivity contribution in [3.05, 3.63) is 81.3 Å². The molecule has 0 bridgehead atoms. The van der Waals surface area contributed by atoms with Gasteiger partial charge in [-0.3, -0.25) is 19.4 Å². The Balaban J connectivity index is 1.91. The second-order valence-corrected chi connectivity index (χ2v) is 9.04. The Bertz CT molecular complexity index is 1420. The molecule has 7 heteroatoms. The Morgan fingerprint density at radius 3 is 2.68 bits per heavy atom. The molecule has 1 spiro atoms. The summed E-state index contributed by atoms with van der Waals surface area (Å²) in [4.78, 5) is 31.0. The number of nitrogens with zero attached hydrogens (tertiary/aromatic N) is 3. The highest BCUT2D eigenvalue weighted by Gasteiger charge is 2.62. The monoisotopic (exact) mass is 468 g/mol. The van der Waals surface area contributed by atoms with Crippen LogP contribution in [0, 0.1) is 30.6 Å². The molecular weight excluding hydrogens is 448 g/mol. The molecule has 0 aromatic heterocycles. The molecule has 1 unspecified atom stereocenters. The quantitative estimate of drug-likeness (QED) is 0.670. The van der Waals surface area contributed by atoms with E-state index in [1.807, 2.05) is 13.0 Å². The Morgan fingerprint density at radius 2 is 1.94 bits per heavy atom. The molecule has 2 N–H and O–H groups in total. The van der Waals surface area contributed by atoms with E-state index in [1.54, 1.807) is 41.3 Å². The molecule has 0 radical (unpaired) electrons. The fraction of sp³-hybridized carbons (Fsp3) is 0.222. The lowest BCUT2D eigenvalue weighted by Crippen LogP contribution is -2.52. The number of halogens is 1. The molecule has 0 saturated carbocycles. The first-order chi connectivity index (χ1) is 16.4. The number of ketones is 1. The van der Waals surface area contributed by atoms with E-state index in [-0.39, 0.29) is 30.1 Å². The Labute approximate surface area is 202 Å².